The molecule has 0 amide bonds. The number of aliphatic hydroxyl groups excluding tert-OH is 1. The van der Waals surface area contributed by atoms with Crippen LogP contribution in [0.25, 0.3) is 0 Å². The maximum absolute atomic E-state index is 11.5. The highest BCUT2D eigenvalue weighted by molar-refractivity contribution is 5.72. The first kappa shape index (κ1) is 14.9. The molecule has 1 aliphatic carbocycles. The Hall–Kier alpha value is -1.55. The lowest BCUT2D eigenvalue weighted by molar-refractivity contribution is -0.146. The summed E-state index contributed by atoms with van der Waals surface area (Å²) in [6, 6.07) is 8.58. The molecule has 1 saturated carbocycles. The molecule has 1 aromatic rings. The predicted octanol–water partition coefficient (Wildman–Crippen LogP) is 2.37. The normalized spacial score (nSPS) is 22.3. The molecule has 0 bridgehead atoms. The van der Waals surface area contributed by atoms with Crippen LogP contribution in [0.15, 0.2) is 24.3 Å². The molecule has 0 radical (unpaired) electrons. The Morgan fingerprint density at radius 3 is 2.75 bits per heavy atom. The molecule has 0 unspecified atom stereocenters. The molecule has 2 N–H and O–H groups in total. The fraction of sp³-hybridized carbons (Fsp3) is 0.562. The standard InChI is InChI=1S/C16H23NO3/c1-20-16(19)13-5-7-14(8-6-13)17-15-4-2-3-12(11-15)9-10-18/h2-4,11,13-14,17-18H,5-10H2,1H3/t13-,14-. The van der Waals surface area contributed by atoms with Crippen molar-refractivity contribution in [3.8, 4) is 0 Å². The lowest BCUT2D eigenvalue weighted by Gasteiger charge is -2.28. The molecule has 4 nitrogen and oxygen atoms in total. The number of anilines is 1. The zero-order chi connectivity index (χ0) is 14.4. The second-order valence-electron chi connectivity index (χ2n) is 5.39. The van der Waals surface area contributed by atoms with Gasteiger partial charge in [0.1, 0.15) is 0 Å². The Kier molecular flexibility index (Phi) is 5.41. The van der Waals surface area contributed by atoms with Crippen molar-refractivity contribution in [2.24, 2.45) is 5.92 Å². The third kappa shape index (κ3) is 3.97. The van der Waals surface area contributed by atoms with E-state index in [0.717, 1.165) is 36.9 Å². The Bertz CT molecular complexity index is 439. The van der Waals surface area contributed by atoms with E-state index >= 15 is 0 Å². The van der Waals surface area contributed by atoms with E-state index in [-0.39, 0.29) is 18.5 Å². The molecule has 20 heavy (non-hydrogen) atoms. The van der Waals surface area contributed by atoms with Gasteiger partial charge in [0, 0.05) is 18.3 Å². The summed E-state index contributed by atoms with van der Waals surface area (Å²) >= 11 is 0. The highest BCUT2D eigenvalue weighted by Crippen LogP contribution is 2.27. The average molecular weight is 277 g/mol. The van der Waals surface area contributed by atoms with E-state index in [2.05, 4.69) is 11.4 Å². The number of carbonyl (C=O) groups is 1. The Morgan fingerprint density at radius 2 is 2.10 bits per heavy atom. The number of hydrogen-bond donors (Lipinski definition) is 2. The monoisotopic (exact) mass is 277 g/mol. The van der Waals surface area contributed by atoms with Crippen LogP contribution in [-0.4, -0.2) is 30.8 Å². The van der Waals surface area contributed by atoms with Crippen molar-refractivity contribution in [2.45, 2.75) is 38.1 Å². The van der Waals surface area contributed by atoms with E-state index < -0.39 is 0 Å². The van der Waals surface area contributed by atoms with Crippen molar-refractivity contribution in [1.29, 1.82) is 0 Å². The lowest BCUT2D eigenvalue weighted by atomic mass is 9.86. The maximum Gasteiger partial charge on any atom is 0.308 e. The molecule has 1 fully saturated rings. The number of esters is 1. The molecule has 4 heteroatoms. The lowest BCUT2D eigenvalue weighted by Crippen LogP contribution is -2.29. The fourth-order valence-electron chi connectivity index (χ4n) is 2.82. The minimum atomic E-state index is -0.0756. The summed E-state index contributed by atoms with van der Waals surface area (Å²) in [6.07, 6.45) is 4.44. The van der Waals surface area contributed by atoms with Gasteiger partial charge in [0.2, 0.25) is 0 Å². The van der Waals surface area contributed by atoms with Crippen molar-refractivity contribution in [1.82, 2.24) is 0 Å². The summed E-state index contributed by atoms with van der Waals surface area (Å²) in [6.45, 7) is 0.174. The van der Waals surface area contributed by atoms with Crippen molar-refractivity contribution >= 4 is 11.7 Å². The first-order valence-electron chi connectivity index (χ1n) is 7.27. The quantitative estimate of drug-likeness (QED) is 0.811. The molecule has 110 valence electrons. The topological polar surface area (TPSA) is 58.6 Å². The zero-order valence-electron chi connectivity index (χ0n) is 12.0. The smallest absolute Gasteiger partial charge is 0.308 e. The Morgan fingerprint density at radius 1 is 1.35 bits per heavy atom. The number of aliphatic hydroxyl groups is 1. The first-order chi connectivity index (χ1) is 9.72. The highest BCUT2D eigenvalue weighted by atomic mass is 16.5. The molecular weight excluding hydrogens is 254 g/mol. The first-order valence-corrected chi connectivity index (χ1v) is 7.27. The van der Waals surface area contributed by atoms with Crippen LogP contribution in [0.1, 0.15) is 31.2 Å². The third-order valence-corrected chi connectivity index (χ3v) is 3.96. The Balaban J connectivity index is 1.86. The molecule has 0 aromatic heterocycles. The molecule has 2 rings (SSSR count). The van der Waals surface area contributed by atoms with Crippen LogP contribution in [-0.2, 0) is 16.0 Å². The summed E-state index contributed by atoms with van der Waals surface area (Å²) in [4.78, 5) is 11.5. The van der Waals surface area contributed by atoms with Gasteiger partial charge in [-0.3, -0.25) is 4.79 Å². The Labute approximate surface area is 120 Å². The van der Waals surface area contributed by atoms with Gasteiger partial charge in [-0.25, -0.2) is 0 Å². The number of rotatable bonds is 5. The summed E-state index contributed by atoms with van der Waals surface area (Å²) in [5.41, 5.74) is 2.23. The zero-order valence-corrected chi connectivity index (χ0v) is 12.0. The van der Waals surface area contributed by atoms with Crippen LogP contribution in [0.3, 0.4) is 0 Å². The second-order valence-corrected chi connectivity index (χ2v) is 5.39. The maximum atomic E-state index is 11.5. The van der Waals surface area contributed by atoms with Gasteiger partial charge in [0.05, 0.1) is 13.0 Å². The summed E-state index contributed by atoms with van der Waals surface area (Å²) < 4.78 is 4.80. The van der Waals surface area contributed by atoms with Gasteiger partial charge < -0.3 is 15.2 Å². The second kappa shape index (κ2) is 7.29. The van der Waals surface area contributed by atoms with Gasteiger partial charge in [-0.15, -0.1) is 0 Å². The largest absolute Gasteiger partial charge is 0.469 e. The molecule has 0 atom stereocenters. The number of nitrogens with one attached hydrogen (secondary N) is 1. The van der Waals surface area contributed by atoms with Crippen molar-refractivity contribution in [3.63, 3.8) is 0 Å². The predicted molar refractivity (Wildman–Crippen MR) is 78.6 cm³/mol. The van der Waals surface area contributed by atoms with E-state index in [1.54, 1.807) is 0 Å². The minimum absolute atomic E-state index is 0.0683. The highest BCUT2D eigenvalue weighted by Gasteiger charge is 2.26. The molecule has 0 heterocycles. The van der Waals surface area contributed by atoms with E-state index in [1.807, 2.05) is 18.2 Å². The van der Waals surface area contributed by atoms with E-state index in [0.29, 0.717) is 12.5 Å². The third-order valence-electron chi connectivity index (χ3n) is 3.96. The van der Waals surface area contributed by atoms with Crippen LogP contribution < -0.4 is 5.32 Å². The van der Waals surface area contributed by atoms with Gasteiger partial charge in [0.15, 0.2) is 0 Å². The number of methoxy groups -OCH3 is 1. The molecule has 0 spiro atoms. The van der Waals surface area contributed by atoms with Crippen molar-refractivity contribution in [3.05, 3.63) is 29.8 Å². The molecule has 0 aliphatic heterocycles. The average Bonchev–Trinajstić information content (AvgIpc) is 2.48. The number of ether oxygens (including phenoxy) is 1. The van der Waals surface area contributed by atoms with E-state index in [1.165, 1.54) is 7.11 Å². The molecule has 1 aromatic carbocycles. The van der Waals surface area contributed by atoms with Crippen LogP contribution >= 0.6 is 0 Å². The van der Waals surface area contributed by atoms with Crippen LogP contribution in [0, 0.1) is 5.92 Å². The van der Waals surface area contributed by atoms with Gasteiger partial charge in [-0.1, -0.05) is 12.1 Å². The van der Waals surface area contributed by atoms with Crippen LogP contribution in [0.5, 0.6) is 0 Å². The van der Waals surface area contributed by atoms with Gasteiger partial charge in [0.25, 0.3) is 0 Å². The van der Waals surface area contributed by atoms with Crippen molar-refractivity contribution in [2.75, 3.05) is 19.0 Å². The number of hydrogen-bond acceptors (Lipinski definition) is 4. The molecule has 1 aliphatic rings. The summed E-state index contributed by atoms with van der Waals surface area (Å²) in [5, 5.41) is 12.5. The molecular formula is C16H23NO3. The van der Waals surface area contributed by atoms with Crippen LogP contribution in [0.4, 0.5) is 5.69 Å². The summed E-state index contributed by atoms with van der Waals surface area (Å²) in [7, 11) is 1.46. The van der Waals surface area contributed by atoms with E-state index in [9.17, 15) is 4.79 Å². The van der Waals surface area contributed by atoms with Crippen molar-refractivity contribution < 1.29 is 14.6 Å². The minimum Gasteiger partial charge on any atom is -0.469 e. The van der Waals surface area contributed by atoms with Gasteiger partial charge >= 0.3 is 5.97 Å². The van der Waals surface area contributed by atoms with E-state index in [4.69, 9.17) is 9.84 Å². The summed E-state index contributed by atoms with van der Waals surface area (Å²) in [5.74, 6) is -0.00725. The van der Waals surface area contributed by atoms with Gasteiger partial charge in [-0.2, -0.15) is 0 Å². The fourth-order valence-corrected chi connectivity index (χ4v) is 2.82. The van der Waals surface area contributed by atoms with Gasteiger partial charge in [-0.05, 0) is 49.8 Å². The SMILES string of the molecule is COC(=O)[C@H]1CC[C@H](Nc2cccc(CCO)c2)CC1. The number of carbonyl (C=O) groups excluding carboxylic acids is 1. The molecule has 0 saturated heterocycles. The number of benzene rings is 1. The van der Waals surface area contributed by atoms with Crippen LogP contribution in [0.2, 0.25) is 0 Å².